The van der Waals surface area contributed by atoms with E-state index < -0.39 is 0 Å². The number of hydrogen-bond acceptors (Lipinski definition) is 4. The Balaban J connectivity index is 1.28. The largest absolute Gasteiger partial charge is 0.457 e. The molecule has 0 radical (unpaired) electrons. The van der Waals surface area contributed by atoms with E-state index in [4.69, 9.17) is 4.74 Å². The third-order valence-electron chi connectivity index (χ3n) is 4.83. The van der Waals surface area contributed by atoms with Crippen LogP contribution in [0.1, 0.15) is 18.7 Å². The zero-order valence-corrected chi connectivity index (χ0v) is 14.9. The summed E-state index contributed by atoms with van der Waals surface area (Å²) >= 11 is 0. The van der Waals surface area contributed by atoms with Gasteiger partial charge in [-0.15, -0.1) is 0 Å². The second kappa shape index (κ2) is 6.89. The lowest BCUT2D eigenvalue weighted by Gasteiger charge is -2.06. The number of ether oxygens (including phenoxy) is 1. The molecular formula is C21H21N5O. The van der Waals surface area contributed by atoms with Crippen LogP contribution >= 0.6 is 0 Å². The van der Waals surface area contributed by atoms with Gasteiger partial charge in [-0.2, -0.15) is 5.10 Å². The quantitative estimate of drug-likeness (QED) is 0.461. The highest BCUT2D eigenvalue weighted by Gasteiger charge is 2.20. The Hall–Kier alpha value is -3.12. The summed E-state index contributed by atoms with van der Waals surface area (Å²) in [6.07, 6.45) is 4.46. The first-order chi connectivity index (χ1) is 13.3. The maximum Gasteiger partial charge on any atom is 0.129 e. The van der Waals surface area contributed by atoms with Crippen LogP contribution in [-0.2, 0) is 6.54 Å². The van der Waals surface area contributed by atoms with Crippen LogP contribution in [0.25, 0.3) is 22.3 Å². The summed E-state index contributed by atoms with van der Waals surface area (Å²) in [5.74, 6) is 3.42. The Morgan fingerprint density at radius 3 is 2.67 bits per heavy atom. The first-order valence-electron chi connectivity index (χ1n) is 9.30. The molecule has 1 fully saturated rings. The monoisotopic (exact) mass is 359 g/mol. The number of fused-ring (bicyclic) bond motifs is 1. The molecule has 0 unspecified atom stereocenters. The topological polar surface area (TPSA) is 78.6 Å². The number of imidazole rings is 1. The molecule has 6 heteroatoms. The minimum Gasteiger partial charge on any atom is -0.457 e. The number of rotatable bonds is 7. The Labute approximate surface area is 157 Å². The second-order valence-electron chi connectivity index (χ2n) is 7.03. The van der Waals surface area contributed by atoms with E-state index in [1.807, 2.05) is 48.5 Å². The van der Waals surface area contributed by atoms with E-state index in [1.165, 1.54) is 12.8 Å². The Morgan fingerprint density at radius 1 is 1.04 bits per heavy atom. The van der Waals surface area contributed by atoms with E-state index in [9.17, 15) is 0 Å². The highest BCUT2D eigenvalue weighted by atomic mass is 16.5. The van der Waals surface area contributed by atoms with Gasteiger partial charge in [0.05, 0.1) is 23.3 Å². The van der Waals surface area contributed by atoms with Crippen LogP contribution < -0.4 is 10.1 Å². The number of H-pyrrole nitrogens is 2. The molecule has 4 aromatic rings. The Morgan fingerprint density at radius 2 is 1.89 bits per heavy atom. The predicted octanol–water partition coefficient (Wildman–Crippen LogP) is 4.24. The molecule has 2 aromatic carbocycles. The van der Waals surface area contributed by atoms with E-state index in [2.05, 4.69) is 25.5 Å². The average molecular weight is 359 g/mol. The van der Waals surface area contributed by atoms with Crippen molar-refractivity contribution in [3.8, 4) is 22.8 Å². The summed E-state index contributed by atoms with van der Waals surface area (Å²) in [6, 6.07) is 15.8. The van der Waals surface area contributed by atoms with Gasteiger partial charge in [-0.3, -0.25) is 5.10 Å². The Kier molecular flexibility index (Phi) is 4.10. The fourth-order valence-corrected chi connectivity index (χ4v) is 3.16. The van der Waals surface area contributed by atoms with Crippen LogP contribution in [0.15, 0.2) is 54.7 Å². The standard InChI is InChI=1S/C21H21N5O/c1-2-14(1)12-22-13-21-24-19-8-7-17(11-20(19)25-21)27-16-5-3-15(4-6-16)18-9-10-23-26-18/h3-11,14,22H,1-2,12-13H2,(H,23,26)(H,24,25). The molecule has 2 heterocycles. The first kappa shape index (κ1) is 16.1. The number of benzene rings is 2. The Bertz CT molecular complexity index is 1030. The number of nitrogens with zero attached hydrogens (tertiary/aromatic N) is 2. The van der Waals surface area contributed by atoms with Crippen molar-refractivity contribution < 1.29 is 4.74 Å². The SMILES string of the molecule is c1cc(-c2ccc(Oc3ccc4nc(CNCC5CC5)[nH]c4c3)cc2)[nH]n1. The minimum atomic E-state index is 0.774. The molecule has 3 N–H and O–H groups in total. The molecule has 2 aromatic heterocycles. The van der Waals surface area contributed by atoms with E-state index in [1.54, 1.807) is 6.20 Å². The van der Waals surface area contributed by atoms with Gasteiger partial charge in [0, 0.05) is 12.3 Å². The summed E-state index contributed by atoms with van der Waals surface area (Å²) in [5, 5.41) is 10.4. The van der Waals surface area contributed by atoms with E-state index in [-0.39, 0.29) is 0 Å². The molecule has 0 bridgehead atoms. The van der Waals surface area contributed by atoms with E-state index in [0.29, 0.717) is 0 Å². The molecule has 0 saturated heterocycles. The molecular weight excluding hydrogens is 338 g/mol. The van der Waals surface area contributed by atoms with Crippen molar-refractivity contribution in [2.45, 2.75) is 19.4 Å². The molecule has 1 aliphatic rings. The van der Waals surface area contributed by atoms with Crippen molar-refractivity contribution in [1.29, 1.82) is 0 Å². The molecule has 136 valence electrons. The molecule has 27 heavy (non-hydrogen) atoms. The van der Waals surface area contributed by atoms with Crippen LogP contribution in [0.4, 0.5) is 0 Å². The second-order valence-corrected chi connectivity index (χ2v) is 7.03. The molecule has 1 aliphatic carbocycles. The molecule has 0 spiro atoms. The normalized spacial score (nSPS) is 13.9. The van der Waals surface area contributed by atoms with Crippen molar-refractivity contribution in [1.82, 2.24) is 25.5 Å². The van der Waals surface area contributed by atoms with Crippen molar-refractivity contribution in [3.63, 3.8) is 0 Å². The number of nitrogens with one attached hydrogen (secondary N) is 3. The van der Waals surface area contributed by atoms with Gasteiger partial charge in [0.15, 0.2) is 0 Å². The highest BCUT2D eigenvalue weighted by molar-refractivity contribution is 5.77. The predicted molar refractivity (Wildman–Crippen MR) is 105 cm³/mol. The van der Waals surface area contributed by atoms with Crippen LogP contribution in [0.3, 0.4) is 0 Å². The summed E-state index contributed by atoms with van der Waals surface area (Å²) in [5.41, 5.74) is 4.01. The van der Waals surface area contributed by atoms with Gasteiger partial charge in [0.1, 0.15) is 17.3 Å². The van der Waals surface area contributed by atoms with Crippen molar-refractivity contribution >= 4 is 11.0 Å². The van der Waals surface area contributed by atoms with Crippen molar-refractivity contribution in [2.75, 3.05) is 6.54 Å². The third-order valence-corrected chi connectivity index (χ3v) is 4.83. The van der Waals surface area contributed by atoms with Gasteiger partial charge < -0.3 is 15.0 Å². The van der Waals surface area contributed by atoms with Crippen molar-refractivity contribution in [2.24, 2.45) is 5.92 Å². The number of aromatic amines is 2. The summed E-state index contributed by atoms with van der Waals surface area (Å²) < 4.78 is 6.00. The van der Waals surface area contributed by atoms with Crippen LogP contribution in [-0.4, -0.2) is 26.7 Å². The molecule has 0 atom stereocenters. The van der Waals surface area contributed by atoms with Crippen LogP contribution in [0.2, 0.25) is 0 Å². The molecule has 5 rings (SSSR count). The van der Waals surface area contributed by atoms with Gasteiger partial charge in [-0.05, 0) is 73.3 Å². The zero-order chi connectivity index (χ0) is 18.1. The zero-order valence-electron chi connectivity index (χ0n) is 14.9. The van der Waals surface area contributed by atoms with Gasteiger partial charge in [-0.25, -0.2) is 4.98 Å². The minimum absolute atomic E-state index is 0.774. The lowest BCUT2D eigenvalue weighted by atomic mass is 10.1. The highest BCUT2D eigenvalue weighted by Crippen LogP contribution is 2.28. The maximum atomic E-state index is 6.00. The lowest BCUT2D eigenvalue weighted by molar-refractivity contribution is 0.483. The summed E-state index contributed by atoms with van der Waals surface area (Å²) in [6.45, 7) is 1.86. The van der Waals surface area contributed by atoms with Gasteiger partial charge in [0.25, 0.3) is 0 Å². The molecule has 0 aliphatic heterocycles. The van der Waals surface area contributed by atoms with Crippen LogP contribution in [0, 0.1) is 5.92 Å². The van der Waals surface area contributed by atoms with Gasteiger partial charge in [0.2, 0.25) is 0 Å². The maximum absolute atomic E-state index is 6.00. The average Bonchev–Trinajstić information content (AvgIpc) is 3.18. The molecule has 1 saturated carbocycles. The molecule has 6 nitrogen and oxygen atoms in total. The van der Waals surface area contributed by atoms with E-state index >= 15 is 0 Å². The summed E-state index contributed by atoms with van der Waals surface area (Å²) in [7, 11) is 0. The van der Waals surface area contributed by atoms with Crippen LogP contribution in [0.5, 0.6) is 11.5 Å². The number of aromatic nitrogens is 4. The van der Waals surface area contributed by atoms with Crippen molar-refractivity contribution in [3.05, 3.63) is 60.6 Å². The summed E-state index contributed by atoms with van der Waals surface area (Å²) in [4.78, 5) is 8.01. The molecule has 0 amide bonds. The van der Waals surface area contributed by atoms with Gasteiger partial charge in [-0.1, -0.05) is 0 Å². The lowest BCUT2D eigenvalue weighted by Crippen LogP contribution is -2.16. The number of hydrogen-bond donors (Lipinski definition) is 3. The van der Waals surface area contributed by atoms with E-state index in [0.717, 1.165) is 58.6 Å². The fourth-order valence-electron chi connectivity index (χ4n) is 3.16. The fraction of sp³-hybridized carbons (Fsp3) is 0.238. The third kappa shape index (κ3) is 3.71. The first-order valence-corrected chi connectivity index (χ1v) is 9.30. The van der Waals surface area contributed by atoms with Gasteiger partial charge >= 0.3 is 0 Å². The smallest absolute Gasteiger partial charge is 0.129 e.